The molecule has 72 valence electrons. The van der Waals surface area contributed by atoms with Crippen molar-refractivity contribution in [1.82, 2.24) is 0 Å². The second-order valence-corrected chi connectivity index (χ2v) is 4.07. The lowest BCUT2D eigenvalue weighted by Crippen LogP contribution is -2.46. The van der Waals surface area contributed by atoms with Gasteiger partial charge in [0.25, 0.3) is 0 Å². The molecule has 0 aromatic heterocycles. The van der Waals surface area contributed by atoms with Gasteiger partial charge in [-0.25, -0.2) is 0 Å². The number of Topliss-reactive ketones (excluding diaryl/α,β-unsaturated/α-hetero) is 1. The zero-order valence-electron chi connectivity index (χ0n) is 7.32. The maximum Gasteiger partial charge on any atom is 0.321 e. The number of carbonyl (C=O) groups excluding carboxylic acids is 1. The van der Waals surface area contributed by atoms with Crippen LogP contribution in [0.4, 0.5) is 0 Å². The molecular formula is C9H13NO3. The van der Waals surface area contributed by atoms with Crippen LogP contribution in [-0.4, -0.2) is 22.9 Å². The van der Waals surface area contributed by atoms with Gasteiger partial charge in [0.05, 0.1) is 5.41 Å². The average molecular weight is 183 g/mol. The fraction of sp³-hybridized carbons (Fsp3) is 0.778. The van der Waals surface area contributed by atoms with E-state index in [0.717, 1.165) is 12.8 Å². The number of carboxylic acids is 1. The predicted molar refractivity (Wildman–Crippen MR) is 45.0 cm³/mol. The minimum Gasteiger partial charge on any atom is -0.480 e. The highest BCUT2D eigenvalue weighted by Gasteiger charge is 2.65. The maximum atomic E-state index is 11.6. The highest BCUT2D eigenvalue weighted by molar-refractivity contribution is 5.95. The van der Waals surface area contributed by atoms with Gasteiger partial charge in [0.15, 0.2) is 0 Å². The number of ketones is 1. The van der Waals surface area contributed by atoms with Crippen LogP contribution in [0, 0.1) is 11.3 Å². The smallest absolute Gasteiger partial charge is 0.321 e. The first kappa shape index (κ1) is 8.69. The van der Waals surface area contributed by atoms with E-state index in [4.69, 9.17) is 10.8 Å². The van der Waals surface area contributed by atoms with E-state index in [9.17, 15) is 9.59 Å². The Labute approximate surface area is 76.1 Å². The number of nitrogens with two attached hydrogens (primary N) is 1. The Morgan fingerprint density at radius 2 is 2.38 bits per heavy atom. The molecule has 0 spiro atoms. The summed E-state index contributed by atoms with van der Waals surface area (Å²) in [4.78, 5) is 22.3. The molecule has 0 radical (unpaired) electrons. The lowest BCUT2D eigenvalue weighted by molar-refractivity contribution is -0.144. The van der Waals surface area contributed by atoms with Crippen LogP contribution in [0.2, 0.25) is 0 Å². The molecule has 13 heavy (non-hydrogen) atoms. The zero-order valence-corrected chi connectivity index (χ0v) is 7.32. The van der Waals surface area contributed by atoms with Crippen molar-refractivity contribution in [3.8, 4) is 0 Å². The number of hydrogen-bond donors (Lipinski definition) is 2. The molecule has 2 fully saturated rings. The van der Waals surface area contributed by atoms with Crippen LogP contribution >= 0.6 is 0 Å². The van der Waals surface area contributed by atoms with Crippen LogP contribution in [0.15, 0.2) is 0 Å². The lowest BCUT2D eigenvalue weighted by Gasteiger charge is -2.23. The normalized spacial score (nSPS) is 39.5. The summed E-state index contributed by atoms with van der Waals surface area (Å²) in [5, 5.41) is 8.77. The second-order valence-electron chi connectivity index (χ2n) is 4.07. The zero-order chi connectivity index (χ0) is 9.64. The van der Waals surface area contributed by atoms with Crippen LogP contribution in [-0.2, 0) is 9.59 Å². The van der Waals surface area contributed by atoms with Gasteiger partial charge >= 0.3 is 5.97 Å². The molecule has 1 unspecified atom stereocenters. The van der Waals surface area contributed by atoms with Gasteiger partial charge in [-0.3, -0.25) is 9.59 Å². The number of hydrogen-bond acceptors (Lipinski definition) is 3. The van der Waals surface area contributed by atoms with Crippen molar-refractivity contribution in [1.29, 1.82) is 0 Å². The van der Waals surface area contributed by atoms with Gasteiger partial charge in [-0.2, -0.15) is 0 Å². The number of aliphatic carboxylic acids is 1. The van der Waals surface area contributed by atoms with E-state index in [-0.39, 0.29) is 11.7 Å². The largest absolute Gasteiger partial charge is 0.480 e. The third kappa shape index (κ3) is 1.01. The average Bonchev–Trinajstić information content (AvgIpc) is 2.80. The molecule has 2 aliphatic rings. The van der Waals surface area contributed by atoms with Crippen molar-refractivity contribution >= 4 is 11.8 Å². The van der Waals surface area contributed by atoms with Crippen molar-refractivity contribution in [2.24, 2.45) is 17.1 Å². The molecule has 0 aromatic carbocycles. The third-order valence-corrected chi connectivity index (χ3v) is 3.45. The van der Waals surface area contributed by atoms with Crippen molar-refractivity contribution in [2.45, 2.75) is 31.7 Å². The molecule has 0 aliphatic heterocycles. The van der Waals surface area contributed by atoms with Gasteiger partial charge in [0.2, 0.25) is 0 Å². The molecule has 0 bridgehead atoms. The first-order chi connectivity index (χ1) is 6.09. The highest BCUT2D eigenvalue weighted by Crippen LogP contribution is 2.60. The van der Waals surface area contributed by atoms with E-state index in [0.29, 0.717) is 12.8 Å². The molecule has 2 aliphatic carbocycles. The van der Waals surface area contributed by atoms with Crippen molar-refractivity contribution in [3.63, 3.8) is 0 Å². The molecule has 0 saturated heterocycles. The molecule has 0 heterocycles. The summed E-state index contributed by atoms with van der Waals surface area (Å²) in [5.41, 5.74) is 4.86. The summed E-state index contributed by atoms with van der Waals surface area (Å²) in [7, 11) is 0. The molecule has 0 amide bonds. The van der Waals surface area contributed by atoms with Crippen LogP contribution in [0.1, 0.15) is 25.7 Å². The van der Waals surface area contributed by atoms with E-state index in [1.807, 2.05) is 0 Å². The maximum absolute atomic E-state index is 11.6. The minimum atomic E-state index is -1.04. The van der Waals surface area contributed by atoms with E-state index in [2.05, 4.69) is 0 Å². The Kier molecular flexibility index (Phi) is 1.70. The topological polar surface area (TPSA) is 80.4 Å². The summed E-state index contributed by atoms with van der Waals surface area (Å²) in [6.07, 6.45) is 3.07. The van der Waals surface area contributed by atoms with Crippen molar-refractivity contribution in [2.75, 3.05) is 0 Å². The Morgan fingerprint density at radius 1 is 1.69 bits per heavy atom. The fourth-order valence-corrected chi connectivity index (χ4v) is 2.57. The summed E-state index contributed by atoms with van der Waals surface area (Å²) in [6, 6.07) is -0.981. The monoisotopic (exact) mass is 183 g/mol. The van der Waals surface area contributed by atoms with Gasteiger partial charge in [-0.05, 0) is 25.2 Å². The first-order valence-electron chi connectivity index (χ1n) is 4.60. The standard InChI is InChI=1S/C9H13NO3/c10-7(8(12)13)9-4-5(9)2-1-3-6(9)11/h5,7H,1-4,10H2,(H,12,13)/t5-,7+,9?/m0/s1. The van der Waals surface area contributed by atoms with E-state index < -0.39 is 17.4 Å². The van der Waals surface area contributed by atoms with Crippen LogP contribution in [0.3, 0.4) is 0 Å². The Morgan fingerprint density at radius 3 is 2.92 bits per heavy atom. The number of carboxylic acid groups (broad SMARTS) is 1. The molecule has 3 atom stereocenters. The highest BCUT2D eigenvalue weighted by atomic mass is 16.4. The van der Waals surface area contributed by atoms with E-state index >= 15 is 0 Å². The summed E-state index contributed by atoms with van der Waals surface area (Å²) in [5.74, 6) is -0.726. The quantitative estimate of drug-likeness (QED) is 0.639. The lowest BCUT2D eigenvalue weighted by atomic mass is 9.82. The molecular weight excluding hydrogens is 170 g/mol. The SMILES string of the molecule is N[C@H](C(=O)O)C12C[C@@H]1CCCC2=O. The molecule has 4 heteroatoms. The van der Waals surface area contributed by atoms with Gasteiger partial charge < -0.3 is 10.8 Å². The summed E-state index contributed by atoms with van der Waals surface area (Å²) in [6.45, 7) is 0. The molecule has 4 nitrogen and oxygen atoms in total. The van der Waals surface area contributed by atoms with Crippen molar-refractivity contribution < 1.29 is 14.7 Å². The van der Waals surface area contributed by atoms with Gasteiger partial charge in [-0.15, -0.1) is 0 Å². The number of rotatable bonds is 2. The molecule has 0 aromatic rings. The number of carbonyl (C=O) groups is 2. The van der Waals surface area contributed by atoms with Crippen LogP contribution in [0.5, 0.6) is 0 Å². The third-order valence-electron chi connectivity index (χ3n) is 3.45. The van der Waals surface area contributed by atoms with Gasteiger partial charge in [-0.1, -0.05) is 0 Å². The Bertz CT molecular complexity index is 276. The second kappa shape index (κ2) is 2.54. The predicted octanol–water partition coefficient (Wildman–Crippen LogP) is 0.158. The van der Waals surface area contributed by atoms with E-state index in [1.165, 1.54) is 0 Å². The Balaban J connectivity index is 2.21. The van der Waals surface area contributed by atoms with Crippen LogP contribution in [0.25, 0.3) is 0 Å². The minimum absolute atomic E-state index is 0.0682. The summed E-state index contributed by atoms with van der Waals surface area (Å²) >= 11 is 0. The fourth-order valence-electron chi connectivity index (χ4n) is 2.57. The van der Waals surface area contributed by atoms with Crippen molar-refractivity contribution in [3.05, 3.63) is 0 Å². The summed E-state index contributed by atoms with van der Waals surface area (Å²) < 4.78 is 0. The van der Waals surface area contributed by atoms with E-state index in [1.54, 1.807) is 0 Å². The first-order valence-corrected chi connectivity index (χ1v) is 4.60. The Hall–Kier alpha value is -0.900. The molecule has 3 N–H and O–H groups in total. The number of fused-ring (bicyclic) bond motifs is 1. The molecule has 2 rings (SSSR count). The van der Waals surface area contributed by atoms with Crippen LogP contribution < -0.4 is 5.73 Å². The van der Waals surface area contributed by atoms with Gasteiger partial charge in [0, 0.05) is 6.42 Å². The van der Waals surface area contributed by atoms with Gasteiger partial charge in [0.1, 0.15) is 11.8 Å². The molecule has 2 saturated carbocycles.